The van der Waals surface area contributed by atoms with Crippen molar-refractivity contribution < 1.29 is 56.8 Å². The van der Waals surface area contributed by atoms with Gasteiger partial charge in [-0.1, -0.05) is 145 Å². The van der Waals surface area contributed by atoms with Gasteiger partial charge in [0.25, 0.3) is 10.1 Å². The summed E-state index contributed by atoms with van der Waals surface area (Å²) in [7, 11) is -4.61. The average molecular weight is 895 g/mol. The molecule has 0 aromatic heterocycles. The lowest BCUT2D eigenvalue weighted by Crippen LogP contribution is -2.60. The van der Waals surface area contributed by atoms with E-state index in [4.69, 9.17) is 18.9 Å². The van der Waals surface area contributed by atoms with E-state index in [-0.39, 0.29) is 19.4 Å². The third-order valence-corrected chi connectivity index (χ3v) is 11.0. The number of carbonyl (C=O) groups is 2. The van der Waals surface area contributed by atoms with Gasteiger partial charge in [0.1, 0.15) is 36.8 Å². The Morgan fingerprint density at radius 3 is 1.53 bits per heavy atom. The van der Waals surface area contributed by atoms with Crippen molar-refractivity contribution >= 4 is 22.1 Å². The number of aliphatic hydroxyl groups is 3. The molecular weight excluding hydrogens is 813 g/mol. The summed E-state index contributed by atoms with van der Waals surface area (Å²) >= 11 is 0. The van der Waals surface area contributed by atoms with E-state index in [9.17, 15) is 37.9 Å². The number of aliphatic hydroxyl groups excluding tert-OH is 3. The molecule has 0 bridgehead atoms. The molecule has 0 aromatic rings. The first kappa shape index (κ1) is 57.1. The number of esters is 2. The van der Waals surface area contributed by atoms with Gasteiger partial charge in [-0.25, -0.2) is 0 Å². The van der Waals surface area contributed by atoms with Crippen molar-refractivity contribution in [1.29, 1.82) is 0 Å². The third-order valence-electron chi connectivity index (χ3n) is 10.3. The number of unbranched alkanes of at least 4 members (excludes halogenated alkanes) is 14. The van der Waals surface area contributed by atoms with E-state index in [0.717, 1.165) is 77.0 Å². The Morgan fingerprint density at radius 2 is 1.02 bits per heavy atom. The van der Waals surface area contributed by atoms with Gasteiger partial charge in [-0.15, -0.1) is 0 Å². The minimum absolute atomic E-state index is 0.133. The van der Waals surface area contributed by atoms with Gasteiger partial charge in [0.2, 0.25) is 0 Å². The summed E-state index contributed by atoms with van der Waals surface area (Å²) in [6.45, 7) is 3.60. The minimum atomic E-state index is -4.61. The van der Waals surface area contributed by atoms with E-state index in [1.165, 1.54) is 51.4 Å². The van der Waals surface area contributed by atoms with E-state index in [2.05, 4.69) is 86.8 Å². The van der Waals surface area contributed by atoms with Crippen molar-refractivity contribution in [1.82, 2.24) is 0 Å². The highest BCUT2D eigenvalue weighted by Crippen LogP contribution is 2.24. The zero-order chi connectivity index (χ0) is 45.5. The molecule has 0 spiro atoms. The Labute approximate surface area is 374 Å². The molecule has 0 aliphatic carbocycles. The van der Waals surface area contributed by atoms with Crippen LogP contribution in [0.3, 0.4) is 0 Å². The summed E-state index contributed by atoms with van der Waals surface area (Å²) in [5, 5.41) is 30.9. The zero-order valence-electron chi connectivity index (χ0n) is 37.9. The molecule has 0 radical (unpaired) electrons. The number of ether oxygens (including phenoxy) is 4. The third kappa shape index (κ3) is 32.7. The van der Waals surface area contributed by atoms with Crippen LogP contribution in [0.2, 0.25) is 0 Å². The summed E-state index contributed by atoms with van der Waals surface area (Å²) in [4.78, 5) is 25.4. The number of hydrogen-bond acceptors (Lipinski definition) is 11. The van der Waals surface area contributed by atoms with Crippen LogP contribution in [0.1, 0.15) is 168 Å². The van der Waals surface area contributed by atoms with Crippen LogP contribution in [-0.2, 0) is 38.7 Å². The van der Waals surface area contributed by atoms with Gasteiger partial charge in [0.15, 0.2) is 12.4 Å². The van der Waals surface area contributed by atoms with Crippen LogP contribution in [0.15, 0.2) is 72.9 Å². The van der Waals surface area contributed by atoms with Crippen molar-refractivity contribution in [3.8, 4) is 0 Å². The Bertz CT molecular complexity index is 1420. The molecule has 4 N–H and O–H groups in total. The van der Waals surface area contributed by atoms with Crippen LogP contribution in [0.5, 0.6) is 0 Å². The molecule has 13 heteroatoms. The minimum Gasteiger partial charge on any atom is -0.462 e. The van der Waals surface area contributed by atoms with E-state index in [1.807, 2.05) is 0 Å². The maximum atomic E-state index is 12.8. The Balaban J connectivity index is 2.47. The number of rotatable bonds is 38. The maximum Gasteiger partial charge on any atom is 0.306 e. The van der Waals surface area contributed by atoms with Gasteiger partial charge in [0.05, 0.1) is 6.61 Å². The molecule has 0 aromatic carbocycles. The van der Waals surface area contributed by atoms with Gasteiger partial charge < -0.3 is 34.3 Å². The fourth-order valence-corrected chi connectivity index (χ4v) is 7.33. The van der Waals surface area contributed by atoms with Gasteiger partial charge >= 0.3 is 11.9 Å². The first-order valence-electron chi connectivity index (χ1n) is 23.5. The highest BCUT2D eigenvalue weighted by molar-refractivity contribution is 7.85. The molecule has 2 unspecified atom stereocenters. The predicted octanol–water partition coefficient (Wildman–Crippen LogP) is 9.89. The number of hydrogen-bond donors (Lipinski definition) is 4. The van der Waals surface area contributed by atoms with Gasteiger partial charge in [0, 0.05) is 12.8 Å². The molecule has 12 nitrogen and oxygen atoms in total. The molecule has 1 fully saturated rings. The molecule has 1 aliphatic heterocycles. The summed E-state index contributed by atoms with van der Waals surface area (Å²) in [6.07, 6.45) is 39.4. The van der Waals surface area contributed by atoms with Crippen LogP contribution in [0.25, 0.3) is 0 Å². The molecule has 1 rings (SSSR count). The lowest BCUT2D eigenvalue weighted by Gasteiger charge is -2.40. The van der Waals surface area contributed by atoms with Crippen molar-refractivity contribution in [2.75, 3.05) is 19.0 Å². The molecule has 1 aliphatic rings. The highest BCUT2D eigenvalue weighted by atomic mass is 32.2. The van der Waals surface area contributed by atoms with Crippen LogP contribution >= 0.6 is 0 Å². The lowest BCUT2D eigenvalue weighted by atomic mass is 10.00. The lowest BCUT2D eigenvalue weighted by molar-refractivity contribution is -0.297. The first-order chi connectivity index (χ1) is 30.0. The second-order valence-electron chi connectivity index (χ2n) is 16.0. The first-order valence-corrected chi connectivity index (χ1v) is 25.1. The second-order valence-corrected chi connectivity index (χ2v) is 17.5. The SMILES string of the molecule is CC/C=C/C/C=C/C/C=C/C/C=C/C/C=C/CCCCCC(=O)OC[C@H](CO[C@H]1O[C@H](CS(=O)(=O)O)[C@@H](O)C(O)C1O)OC(=O)CCCCC/C=C/CCCCCCCCCC. The largest absolute Gasteiger partial charge is 0.462 e. The Kier molecular flexibility index (Phi) is 35.5. The highest BCUT2D eigenvalue weighted by Gasteiger charge is 2.46. The number of allylic oxidation sites excluding steroid dienone is 12. The smallest absolute Gasteiger partial charge is 0.306 e. The molecular formula is C49H82O12S. The maximum absolute atomic E-state index is 12.8. The fourth-order valence-electron chi connectivity index (χ4n) is 6.64. The monoisotopic (exact) mass is 895 g/mol. The molecule has 0 amide bonds. The molecule has 356 valence electrons. The summed E-state index contributed by atoms with van der Waals surface area (Å²) in [5.74, 6) is -2.05. The van der Waals surface area contributed by atoms with E-state index in [1.54, 1.807) is 0 Å². The summed E-state index contributed by atoms with van der Waals surface area (Å²) in [6, 6.07) is 0. The van der Waals surface area contributed by atoms with Gasteiger partial charge in [-0.2, -0.15) is 8.42 Å². The van der Waals surface area contributed by atoms with Crippen molar-refractivity contribution in [2.45, 2.75) is 205 Å². The van der Waals surface area contributed by atoms with Crippen molar-refractivity contribution in [3.05, 3.63) is 72.9 Å². The normalized spacial score (nSPS) is 20.5. The van der Waals surface area contributed by atoms with Crippen molar-refractivity contribution in [2.24, 2.45) is 0 Å². The topological polar surface area (TPSA) is 186 Å². The molecule has 1 saturated heterocycles. The van der Waals surface area contributed by atoms with E-state index < -0.39 is 71.2 Å². The van der Waals surface area contributed by atoms with Crippen LogP contribution in [0.4, 0.5) is 0 Å². The van der Waals surface area contributed by atoms with Gasteiger partial charge in [-0.05, 0) is 83.5 Å². The Hall–Kier alpha value is -2.91. The summed E-state index contributed by atoms with van der Waals surface area (Å²) < 4.78 is 54.1. The zero-order valence-corrected chi connectivity index (χ0v) is 38.8. The fraction of sp³-hybridized carbons (Fsp3) is 0.714. The van der Waals surface area contributed by atoms with Crippen LogP contribution in [0, 0.1) is 0 Å². The van der Waals surface area contributed by atoms with Crippen LogP contribution < -0.4 is 0 Å². The molecule has 6 atom stereocenters. The van der Waals surface area contributed by atoms with Gasteiger partial charge in [-0.3, -0.25) is 14.1 Å². The predicted molar refractivity (Wildman–Crippen MR) is 247 cm³/mol. The number of carbonyl (C=O) groups excluding carboxylic acids is 2. The summed E-state index contributed by atoms with van der Waals surface area (Å²) in [5.41, 5.74) is 0. The van der Waals surface area contributed by atoms with Crippen molar-refractivity contribution in [3.63, 3.8) is 0 Å². The Morgan fingerprint density at radius 1 is 0.565 bits per heavy atom. The van der Waals surface area contributed by atoms with E-state index in [0.29, 0.717) is 12.8 Å². The average Bonchev–Trinajstić information content (AvgIpc) is 3.24. The molecule has 62 heavy (non-hydrogen) atoms. The van der Waals surface area contributed by atoms with Crippen LogP contribution in [-0.4, -0.2) is 96.0 Å². The standard InChI is InChI=1S/C49H82O12S/c1-3-5-7-9-11-13-15-17-19-20-21-22-24-25-27-29-31-33-35-37-44(50)58-39-42(40-59-49-48(54)47(53)46(52)43(61-49)41-62(55,56)57)60-45(51)38-36-34-32-30-28-26-23-18-16-14-12-10-8-6-4-2/h5,7,11,13,17,19,21-22,25-28,42-43,46-49,52-54H,3-4,6,8-10,12,14-16,18,20,23-24,29-41H2,1-2H3,(H,55,56,57)/b7-5+,13-11+,19-17+,22-21+,27-25+,28-26+/t42-,43-,46-,47?,48?,49+/m1/s1. The quantitative estimate of drug-likeness (QED) is 0.0199. The second kappa shape index (κ2) is 38.5. The molecule has 1 heterocycles. The van der Waals surface area contributed by atoms with E-state index >= 15 is 0 Å². The molecule has 0 saturated carbocycles.